The van der Waals surface area contributed by atoms with Crippen molar-refractivity contribution in [3.63, 3.8) is 0 Å². The summed E-state index contributed by atoms with van der Waals surface area (Å²) >= 11 is 0. The van der Waals surface area contributed by atoms with Crippen molar-refractivity contribution in [3.8, 4) is 22.5 Å². The first kappa shape index (κ1) is 23.9. The average Bonchev–Trinajstić information content (AvgIpc) is 3.62. The molecule has 8 heteroatoms. The number of aromatic amines is 2. The molecule has 0 atom stereocenters. The van der Waals surface area contributed by atoms with Crippen LogP contribution in [0.5, 0.6) is 0 Å². The van der Waals surface area contributed by atoms with Gasteiger partial charge in [0.1, 0.15) is 5.69 Å². The summed E-state index contributed by atoms with van der Waals surface area (Å²) < 4.78 is 0. The van der Waals surface area contributed by atoms with Crippen LogP contribution < -0.4 is 10.2 Å². The number of anilines is 2. The van der Waals surface area contributed by atoms with Gasteiger partial charge in [-0.2, -0.15) is 5.10 Å². The zero-order chi connectivity index (χ0) is 26.2. The van der Waals surface area contributed by atoms with Gasteiger partial charge in [-0.3, -0.25) is 15.1 Å². The van der Waals surface area contributed by atoms with Crippen molar-refractivity contribution in [2.75, 3.05) is 23.3 Å². The maximum absolute atomic E-state index is 4.69. The van der Waals surface area contributed by atoms with E-state index in [4.69, 9.17) is 4.98 Å². The SMILES string of the molecule is C=C(Nc1cncc(-c2cnc3[nH]nc(-c4cc5c(N6CCCCC6)cncc5[nH]4)c3c2)c1)C1CCCCC1. The molecule has 2 fully saturated rings. The number of pyridine rings is 3. The minimum Gasteiger partial charge on any atom is -0.370 e. The Morgan fingerprint density at radius 1 is 0.846 bits per heavy atom. The summed E-state index contributed by atoms with van der Waals surface area (Å²) in [5.41, 5.74) is 8.85. The molecular formula is C31H34N8. The minimum atomic E-state index is 0.538. The number of nitrogens with one attached hydrogen (secondary N) is 3. The molecule has 7 rings (SSSR count). The van der Waals surface area contributed by atoms with E-state index < -0.39 is 0 Å². The van der Waals surface area contributed by atoms with Gasteiger partial charge in [-0.1, -0.05) is 25.8 Å². The molecule has 1 aliphatic heterocycles. The van der Waals surface area contributed by atoms with Crippen molar-refractivity contribution in [3.05, 3.63) is 61.5 Å². The Hall–Kier alpha value is -4.20. The molecular weight excluding hydrogens is 484 g/mol. The predicted molar refractivity (Wildman–Crippen MR) is 158 cm³/mol. The van der Waals surface area contributed by atoms with Crippen LogP contribution in [-0.2, 0) is 0 Å². The number of nitrogens with zero attached hydrogens (tertiary/aromatic N) is 5. The monoisotopic (exact) mass is 518 g/mol. The van der Waals surface area contributed by atoms with Crippen molar-refractivity contribution < 1.29 is 0 Å². The van der Waals surface area contributed by atoms with Crippen LogP contribution in [0.4, 0.5) is 11.4 Å². The number of fused-ring (bicyclic) bond motifs is 2. The Balaban J connectivity index is 1.20. The first-order valence-electron chi connectivity index (χ1n) is 14.2. The number of hydrogen-bond acceptors (Lipinski definition) is 6. The van der Waals surface area contributed by atoms with Gasteiger partial charge in [-0.25, -0.2) is 4.98 Å². The van der Waals surface area contributed by atoms with Crippen LogP contribution in [0.3, 0.4) is 0 Å². The normalized spacial score (nSPS) is 16.7. The molecule has 0 unspecified atom stereocenters. The van der Waals surface area contributed by atoms with Crippen LogP contribution in [0.25, 0.3) is 44.5 Å². The number of hydrogen-bond donors (Lipinski definition) is 3. The summed E-state index contributed by atoms with van der Waals surface area (Å²) in [7, 11) is 0. The van der Waals surface area contributed by atoms with Crippen molar-refractivity contribution in [1.29, 1.82) is 0 Å². The molecule has 0 radical (unpaired) electrons. The quantitative estimate of drug-likeness (QED) is 0.223. The van der Waals surface area contributed by atoms with E-state index in [9.17, 15) is 0 Å². The lowest BCUT2D eigenvalue weighted by Gasteiger charge is -2.28. The van der Waals surface area contributed by atoms with E-state index >= 15 is 0 Å². The highest BCUT2D eigenvalue weighted by Gasteiger charge is 2.19. The third-order valence-electron chi connectivity index (χ3n) is 8.37. The second-order valence-electron chi connectivity index (χ2n) is 11.0. The van der Waals surface area contributed by atoms with Crippen LogP contribution in [0.2, 0.25) is 0 Å². The van der Waals surface area contributed by atoms with Gasteiger partial charge in [0.25, 0.3) is 0 Å². The zero-order valence-corrected chi connectivity index (χ0v) is 22.2. The van der Waals surface area contributed by atoms with E-state index in [1.54, 1.807) is 0 Å². The topological polar surface area (TPSA) is 98.4 Å². The molecule has 1 aliphatic carbocycles. The maximum Gasteiger partial charge on any atom is 0.155 e. The third-order valence-corrected chi connectivity index (χ3v) is 8.37. The molecule has 3 N–H and O–H groups in total. The second kappa shape index (κ2) is 10.2. The van der Waals surface area contributed by atoms with Gasteiger partial charge in [0, 0.05) is 53.1 Å². The molecule has 0 bridgehead atoms. The Morgan fingerprint density at radius 2 is 1.64 bits per heavy atom. The molecule has 5 aromatic heterocycles. The smallest absolute Gasteiger partial charge is 0.155 e. The molecule has 2 aliphatic rings. The largest absolute Gasteiger partial charge is 0.370 e. The van der Waals surface area contributed by atoms with Gasteiger partial charge in [0.15, 0.2) is 5.65 Å². The van der Waals surface area contributed by atoms with Gasteiger partial charge < -0.3 is 15.2 Å². The minimum absolute atomic E-state index is 0.538. The average molecular weight is 519 g/mol. The summed E-state index contributed by atoms with van der Waals surface area (Å²) in [6, 6.07) is 6.47. The molecule has 0 spiro atoms. The van der Waals surface area contributed by atoms with Gasteiger partial charge in [-0.05, 0) is 56.2 Å². The fourth-order valence-corrected chi connectivity index (χ4v) is 6.22. The number of allylic oxidation sites excluding steroid dienone is 1. The standard InChI is InChI=1S/C31H34N8/c1-20(21-8-4-2-5-9-21)35-24-12-22(15-32-17-24)23-13-26-30(37-38-31(26)34-16-23)27-14-25-28(36-27)18-33-19-29(25)39-10-6-3-7-11-39/h12-19,21,35-36H,1-11H2,(H,34,37,38). The van der Waals surface area contributed by atoms with Crippen LogP contribution in [0, 0.1) is 5.92 Å². The van der Waals surface area contributed by atoms with E-state index in [0.717, 1.165) is 63.5 Å². The molecule has 1 saturated carbocycles. The highest BCUT2D eigenvalue weighted by Crippen LogP contribution is 2.35. The summed E-state index contributed by atoms with van der Waals surface area (Å²) in [6.07, 6.45) is 19.6. The molecule has 0 aromatic carbocycles. The number of aromatic nitrogens is 6. The predicted octanol–water partition coefficient (Wildman–Crippen LogP) is 7.06. The molecule has 0 amide bonds. The van der Waals surface area contributed by atoms with Crippen molar-refractivity contribution in [2.45, 2.75) is 51.4 Å². The highest BCUT2D eigenvalue weighted by atomic mass is 15.2. The fraction of sp³-hybridized carbons (Fsp3) is 0.355. The maximum atomic E-state index is 4.69. The van der Waals surface area contributed by atoms with E-state index in [1.165, 1.54) is 62.4 Å². The Labute approximate surface area is 228 Å². The number of rotatable bonds is 6. The van der Waals surface area contributed by atoms with Gasteiger partial charge in [0.2, 0.25) is 0 Å². The van der Waals surface area contributed by atoms with E-state index in [0.29, 0.717) is 5.92 Å². The second-order valence-corrected chi connectivity index (χ2v) is 11.0. The van der Waals surface area contributed by atoms with E-state index in [-0.39, 0.29) is 0 Å². The Bertz CT molecular complexity index is 1640. The van der Waals surface area contributed by atoms with Crippen LogP contribution in [0.15, 0.2) is 61.5 Å². The zero-order valence-electron chi connectivity index (χ0n) is 22.2. The summed E-state index contributed by atoms with van der Waals surface area (Å²) in [4.78, 5) is 19.8. The molecule has 6 heterocycles. The lowest BCUT2D eigenvalue weighted by Crippen LogP contribution is -2.29. The first-order chi connectivity index (χ1) is 19.2. The fourth-order valence-electron chi connectivity index (χ4n) is 6.22. The third kappa shape index (κ3) is 4.64. The molecule has 8 nitrogen and oxygen atoms in total. The summed E-state index contributed by atoms with van der Waals surface area (Å²) in [6.45, 7) is 6.49. The summed E-state index contributed by atoms with van der Waals surface area (Å²) in [5, 5.41) is 13.4. The van der Waals surface area contributed by atoms with Crippen molar-refractivity contribution in [2.24, 2.45) is 5.92 Å². The molecule has 39 heavy (non-hydrogen) atoms. The Morgan fingerprint density at radius 3 is 2.51 bits per heavy atom. The van der Waals surface area contributed by atoms with Crippen LogP contribution in [-0.4, -0.2) is 43.2 Å². The van der Waals surface area contributed by atoms with Crippen molar-refractivity contribution in [1.82, 2.24) is 30.1 Å². The number of H-pyrrole nitrogens is 2. The van der Waals surface area contributed by atoms with E-state index in [1.807, 2.05) is 31.0 Å². The van der Waals surface area contributed by atoms with Crippen molar-refractivity contribution >= 4 is 33.3 Å². The molecule has 1 saturated heterocycles. The molecule has 198 valence electrons. The first-order valence-corrected chi connectivity index (χ1v) is 14.2. The number of piperidine rings is 1. The van der Waals surface area contributed by atoms with E-state index in [2.05, 4.69) is 60.1 Å². The van der Waals surface area contributed by atoms with Crippen LogP contribution in [0.1, 0.15) is 51.4 Å². The van der Waals surface area contributed by atoms with Gasteiger partial charge in [0.05, 0.1) is 41.2 Å². The Kier molecular flexibility index (Phi) is 6.23. The lowest BCUT2D eigenvalue weighted by molar-refractivity contribution is 0.405. The van der Waals surface area contributed by atoms with Crippen LogP contribution >= 0.6 is 0 Å². The highest BCUT2D eigenvalue weighted by molar-refractivity contribution is 5.99. The molecule has 5 aromatic rings. The summed E-state index contributed by atoms with van der Waals surface area (Å²) in [5.74, 6) is 0.538. The lowest BCUT2D eigenvalue weighted by atomic mass is 9.87. The van der Waals surface area contributed by atoms with Gasteiger partial charge >= 0.3 is 0 Å². The van der Waals surface area contributed by atoms with Gasteiger partial charge in [-0.15, -0.1) is 0 Å².